The van der Waals surface area contributed by atoms with Crippen molar-refractivity contribution < 1.29 is 22.7 Å². The third-order valence-corrected chi connectivity index (χ3v) is 5.11. The Morgan fingerprint density at radius 2 is 1.82 bits per heavy atom. The van der Waals surface area contributed by atoms with Crippen LogP contribution in [0, 0.1) is 11.3 Å². The molecule has 33 heavy (non-hydrogen) atoms. The van der Waals surface area contributed by atoms with Gasteiger partial charge in [0.2, 0.25) is 0 Å². The molecule has 0 bridgehead atoms. The van der Waals surface area contributed by atoms with E-state index in [-0.39, 0.29) is 18.7 Å². The first-order valence-electron chi connectivity index (χ1n) is 10.7. The summed E-state index contributed by atoms with van der Waals surface area (Å²) >= 11 is 0. The highest BCUT2D eigenvalue weighted by Gasteiger charge is 2.33. The lowest BCUT2D eigenvalue weighted by molar-refractivity contribution is -0.142. The van der Waals surface area contributed by atoms with Crippen LogP contribution in [-0.2, 0) is 24.1 Å². The molecule has 0 saturated carbocycles. The van der Waals surface area contributed by atoms with Gasteiger partial charge < -0.3 is 4.74 Å². The van der Waals surface area contributed by atoms with Crippen LogP contribution in [0.2, 0.25) is 0 Å². The topological polar surface area (TPSA) is 67.9 Å². The zero-order valence-corrected chi connectivity index (χ0v) is 18.4. The molecule has 172 valence electrons. The summed E-state index contributed by atoms with van der Waals surface area (Å²) in [5, 5.41) is 13.5. The second-order valence-corrected chi connectivity index (χ2v) is 7.55. The molecular weight excluding hydrogens is 431 g/mol. The van der Waals surface area contributed by atoms with Crippen LogP contribution in [0.4, 0.5) is 13.2 Å². The van der Waals surface area contributed by atoms with E-state index in [1.54, 1.807) is 19.1 Å². The number of hydrogen-bond acceptors (Lipinski definition) is 4. The highest BCUT2D eigenvalue weighted by molar-refractivity contribution is 5.89. The molecule has 0 unspecified atom stereocenters. The van der Waals surface area contributed by atoms with E-state index in [1.807, 2.05) is 43.3 Å². The lowest BCUT2D eigenvalue weighted by Crippen LogP contribution is -2.23. The predicted octanol–water partition coefficient (Wildman–Crippen LogP) is 5.70. The van der Waals surface area contributed by atoms with Crippen molar-refractivity contribution in [2.45, 2.75) is 45.8 Å². The summed E-state index contributed by atoms with van der Waals surface area (Å²) < 4.78 is 45.2. The Morgan fingerprint density at radius 1 is 1.12 bits per heavy atom. The van der Waals surface area contributed by atoms with Gasteiger partial charge in [-0.2, -0.15) is 23.5 Å². The molecule has 0 saturated heterocycles. The molecule has 2 aromatic carbocycles. The molecule has 1 aromatic heterocycles. The third kappa shape index (κ3) is 5.80. The van der Waals surface area contributed by atoms with E-state index >= 15 is 0 Å². The van der Waals surface area contributed by atoms with Crippen LogP contribution in [0.1, 0.15) is 53.1 Å². The van der Waals surface area contributed by atoms with Gasteiger partial charge in [0.15, 0.2) is 5.69 Å². The number of aryl methyl sites for hydroxylation is 1. The van der Waals surface area contributed by atoms with Gasteiger partial charge in [-0.3, -0.25) is 0 Å². The van der Waals surface area contributed by atoms with Gasteiger partial charge in [-0.1, -0.05) is 55.8 Å². The Morgan fingerprint density at radius 3 is 2.42 bits per heavy atom. The Balaban J connectivity index is 2.01. The number of ether oxygens (including phenoxy) is 1. The molecule has 0 fully saturated rings. The van der Waals surface area contributed by atoms with Crippen LogP contribution in [0.25, 0.3) is 11.1 Å². The Bertz CT molecular complexity index is 1160. The normalized spacial score (nSPS) is 11.3. The van der Waals surface area contributed by atoms with Crippen molar-refractivity contribution in [3.05, 3.63) is 76.6 Å². The lowest BCUT2D eigenvalue weighted by atomic mass is 9.96. The molecule has 8 heteroatoms. The molecule has 0 spiro atoms. The highest BCUT2D eigenvalue weighted by Crippen LogP contribution is 2.27. The molecule has 3 rings (SSSR count). The minimum absolute atomic E-state index is 0.0472. The number of carbonyl (C=O) groups excluding carboxylic acids is 1. The maximum absolute atomic E-state index is 13.2. The first-order valence-corrected chi connectivity index (χ1v) is 10.7. The van der Waals surface area contributed by atoms with Crippen LogP contribution in [0.3, 0.4) is 0 Å². The lowest BCUT2D eigenvalue weighted by Gasteiger charge is -2.11. The molecule has 0 N–H and O–H groups in total. The number of nitriles is 1. The molecule has 0 aliphatic carbocycles. The highest BCUT2D eigenvalue weighted by atomic mass is 19.4. The van der Waals surface area contributed by atoms with Crippen LogP contribution in [0.15, 0.2) is 48.5 Å². The molecule has 1 heterocycles. The monoisotopic (exact) mass is 455 g/mol. The van der Waals surface area contributed by atoms with Crippen LogP contribution >= 0.6 is 0 Å². The molecule has 3 aromatic rings. The van der Waals surface area contributed by atoms with Gasteiger partial charge in [-0.15, -0.1) is 0 Å². The average molecular weight is 455 g/mol. The molecular formula is C25H24F3N3O2. The van der Waals surface area contributed by atoms with Crippen LogP contribution in [0.5, 0.6) is 0 Å². The second-order valence-electron chi connectivity index (χ2n) is 7.55. The number of esters is 1. The van der Waals surface area contributed by atoms with E-state index in [4.69, 9.17) is 4.74 Å². The second kappa shape index (κ2) is 10.3. The summed E-state index contributed by atoms with van der Waals surface area (Å²) in [5.74, 6) is -0.814. The molecule has 0 aliphatic heterocycles. The van der Waals surface area contributed by atoms with Gasteiger partial charge in [-0.25, -0.2) is 9.48 Å². The van der Waals surface area contributed by atoms with Crippen molar-refractivity contribution in [3.63, 3.8) is 0 Å². The van der Waals surface area contributed by atoms with Crippen molar-refractivity contribution in [2.75, 3.05) is 6.61 Å². The van der Waals surface area contributed by atoms with E-state index in [1.165, 1.54) is 0 Å². The fraction of sp³-hybridized carbons (Fsp3) is 0.320. The van der Waals surface area contributed by atoms with Crippen molar-refractivity contribution in [2.24, 2.45) is 0 Å². The summed E-state index contributed by atoms with van der Waals surface area (Å²) in [7, 11) is 0. The zero-order chi connectivity index (χ0) is 24.0. The van der Waals surface area contributed by atoms with Crippen molar-refractivity contribution in [1.82, 2.24) is 9.78 Å². The van der Waals surface area contributed by atoms with E-state index in [0.29, 0.717) is 29.7 Å². The van der Waals surface area contributed by atoms with Gasteiger partial charge >= 0.3 is 12.1 Å². The van der Waals surface area contributed by atoms with Gasteiger partial charge in [0, 0.05) is 12.0 Å². The predicted molar refractivity (Wildman–Crippen MR) is 118 cm³/mol. The number of benzene rings is 2. The maximum Gasteiger partial charge on any atom is 0.408 e. The van der Waals surface area contributed by atoms with Crippen molar-refractivity contribution >= 4 is 5.97 Å². The quantitative estimate of drug-likeness (QED) is 0.409. The summed E-state index contributed by atoms with van der Waals surface area (Å²) in [4.78, 5) is 12.6. The Hall–Kier alpha value is -3.60. The summed E-state index contributed by atoms with van der Waals surface area (Å²) in [5.41, 5.74) is 3.76. The summed E-state index contributed by atoms with van der Waals surface area (Å²) in [6, 6.07) is 16.8. The largest absolute Gasteiger partial charge is 0.461 e. The number of halogens is 3. The number of alkyl halides is 3. The average Bonchev–Trinajstić information content (AvgIpc) is 3.09. The van der Waals surface area contributed by atoms with Gasteiger partial charge in [-0.05, 0) is 36.1 Å². The van der Waals surface area contributed by atoms with Gasteiger partial charge in [0.05, 0.1) is 23.9 Å². The number of aromatic nitrogens is 2. The molecule has 5 nitrogen and oxygen atoms in total. The van der Waals surface area contributed by atoms with Gasteiger partial charge in [0.25, 0.3) is 0 Å². The smallest absolute Gasteiger partial charge is 0.408 e. The van der Waals surface area contributed by atoms with Crippen LogP contribution < -0.4 is 0 Å². The SMILES string of the molecule is CCCc1nn(CC(F)(F)F)c(C(=O)OCC)c1Cc1ccc(-c2ccccc2C#N)cc1. The molecule has 0 radical (unpaired) electrons. The number of hydrogen-bond donors (Lipinski definition) is 0. The number of rotatable bonds is 8. The van der Waals surface area contributed by atoms with E-state index in [2.05, 4.69) is 11.2 Å². The fourth-order valence-electron chi connectivity index (χ4n) is 3.72. The first-order chi connectivity index (χ1) is 15.8. The first kappa shape index (κ1) is 24.1. The standard InChI is InChI=1S/C25H24F3N3O2/c1-3-7-22-21(23(24(32)33-4-2)31(30-22)16-25(26,27)28)14-17-10-12-18(13-11-17)20-9-6-5-8-19(20)15-29/h5-6,8-13H,3-4,7,14,16H2,1-2H3. The molecule has 0 atom stereocenters. The molecule has 0 aliphatic rings. The van der Waals surface area contributed by atoms with Crippen molar-refractivity contribution in [3.8, 4) is 17.2 Å². The van der Waals surface area contributed by atoms with Crippen LogP contribution in [-0.4, -0.2) is 28.5 Å². The van der Waals surface area contributed by atoms with E-state index in [9.17, 15) is 23.2 Å². The summed E-state index contributed by atoms with van der Waals surface area (Å²) in [6.07, 6.45) is -3.17. The van der Waals surface area contributed by atoms with Crippen molar-refractivity contribution in [1.29, 1.82) is 5.26 Å². The van der Waals surface area contributed by atoms with E-state index in [0.717, 1.165) is 21.4 Å². The molecule has 0 amide bonds. The minimum atomic E-state index is -4.52. The summed E-state index contributed by atoms with van der Waals surface area (Å²) in [6.45, 7) is 2.19. The Kier molecular flexibility index (Phi) is 7.54. The maximum atomic E-state index is 13.2. The number of nitrogens with zero attached hydrogens (tertiary/aromatic N) is 3. The Labute approximate surface area is 190 Å². The fourth-order valence-corrected chi connectivity index (χ4v) is 3.72. The van der Waals surface area contributed by atoms with Gasteiger partial charge in [0.1, 0.15) is 6.54 Å². The number of carbonyl (C=O) groups is 1. The minimum Gasteiger partial charge on any atom is -0.461 e. The zero-order valence-electron chi connectivity index (χ0n) is 18.4. The van der Waals surface area contributed by atoms with E-state index < -0.39 is 18.7 Å². The third-order valence-electron chi connectivity index (χ3n) is 5.11.